The summed E-state index contributed by atoms with van der Waals surface area (Å²) in [5.74, 6) is 5.06. The first-order chi connectivity index (χ1) is 9.88. The van der Waals surface area contributed by atoms with Crippen LogP contribution in [0.25, 0.3) is 0 Å². The molecule has 4 heteroatoms. The lowest BCUT2D eigenvalue weighted by Gasteiger charge is -2.21. The van der Waals surface area contributed by atoms with Gasteiger partial charge < -0.3 is 9.84 Å². The van der Waals surface area contributed by atoms with Crippen LogP contribution in [0, 0.1) is 17.8 Å². The molecule has 1 aromatic rings. The molecule has 3 aliphatic rings. The van der Waals surface area contributed by atoms with Crippen molar-refractivity contribution in [2.24, 2.45) is 17.8 Å². The maximum Gasteiger partial charge on any atom is 0.226 e. The van der Waals surface area contributed by atoms with Crippen molar-refractivity contribution in [2.75, 3.05) is 13.1 Å². The lowest BCUT2D eigenvalue weighted by Crippen LogP contribution is -2.29. The summed E-state index contributed by atoms with van der Waals surface area (Å²) in [6.07, 6.45) is 10.3. The fourth-order valence-electron chi connectivity index (χ4n) is 4.58. The van der Waals surface area contributed by atoms with Crippen LogP contribution in [0.2, 0.25) is 0 Å². The number of nitrogens with zero attached hydrogens (tertiary/aromatic N) is 2. The number of fused-ring (bicyclic) bond motifs is 2. The summed E-state index contributed by atoms with van der Waals surface area (Å²) in [6, 6.07) is 0. The van der Waals surface area contributed by atoms with E-state index < -0.39 is 0 Å². The second kappa shape index (κ2) is 5.47. The Kier molecular flexibility index (Phi) is 3.51. The Morgan fingerprint density at radius 3 is 2.95 bits per heavy atom. The number of hydrogen-bond donors (Lipinski definition) is 1. The molecule has 1 aromatic heterocycles. The van der Waals surface area contributed by atoms with E-state index in [1.807, 2.05) is 0 Å². The molecule has 0 radical (unpaired) electrons. The van der Waals surface area contributed by atoms with E-state index in [4.69, 9.17) is 9.51 Å². The number of aryl methyl sites for hydroxylation is 1. The molecule has 20 heavy (non-hydrogen) atoms. The minimum absolute atomic E-state index is 0.600. The van der Waals surface area contributed by atoms with Gasteiger partial charge in [0.1, 0.15) is 0 Å². The molecule has 2 heterocycles. The van der Waals surface area contributed by atoms with Crippen molar-refractivity contribution in [1.82, 2.24) is 15.5 Å². The maximum atomic E-state index is 5.49. The number of nitrogens with one attached hydrogen (secondary N) is 1. The number of piperidine rings is 1. The summed E-state index contributed by atoms with van der Waals surface area (Å²) in [5.41, 5.74) is 0. The molecule has 0 spiro atoms. The zero-order valence-electron chi connectivity index (χ0n) is 12.2. The molecule has 110 valence electrons. The van der Waals surface area contributed by atoms with Crippen molar-refractivity contribution in [1.29, 1.82) is 0 Å². The smallest absolute Gasteiger partial charge is 0.226 e. The van der Waals surface area contributed by atoms with Gasteiger partial charge >= 0.3 is 0 Å². The van der Waals surface area contributed by atoms with Crippen molar-refractivity contribution in [3.8, 4) is 0 Å². The fourth-order valence-corrected chi connectivity index (χ4v) is 4.58. The predicted molar refractivity (Wildman–Crippen MR) is 76.4 cm³/mol. The highest BCUT2D eigenvalue weighted by atomic mass is 16.5. The Bertz CT molecular complexity index is 452. The minimum Gasteiger partial charge on any atom is -0.339 e. The van der Waals surface area contributed by atoms with Gasteiger partial charge in [-0.2, -0.15) is 4.98 Å². The van der Waals surface area contributed by atoms with Gasteiger partial charge in [0.2, 0.25) is 5.89 Å². The average molecular weight is 275 g/mol. The van der Waals surface area contributed by atoms with Crippen LogP contribution in [-0.4, -0.2) is 23.2 Å². The SMILES string of the molecule is C1CNCC(CCc2nc(C3CC4CCC3C4)no2)C1. The van der Waals surface area contributed by atoms with Gasteiger partial charge in [-0.1, -0.05) is 11.6 Å². The van der Waals surface area contributed by atoms with Gasteiger partial charge in [-0.05, 0) is 69.4 Å². The molecule has 3 fully saturated rings. The largest absolute Gasteiger partial charge is 0.339 e. The van der Waals surface area contributed by atoms with Crippen molar-refractivity contribution in [2.45, 2.75) is 57.3 Å². The Morgan fingerprint density at radius 2 is 2.20 bits per heavy atom. The Hall–Kier alpha value is -0.900. The van der Waals surface area contributed by atoms with E-state index in [1.165, 1.54) is 51.5 Å². The van der Waals surface area contributed by atoms with Gasteiger partial charge in [0, 0.05) is 12.3 Å². The third-order valence-corrected chi connectivity index (χ3v) is 5.72. The molecule has 2 aliphatic carbocycles. The zero-order valence-corrected chi connectivity index (χ0v) is 12.2. The van der Waals surface area contributed by atoms with Crippen LogP contribution >= 0.6 is 0 Å². The first-order valence-electron chi connectivity index (χ1n) is 8.41. The van der Waals surface area contributed by atoms with Gasteiger partial charge in [-0.25, -0.2) is 0 Å². The fraction of sp³-hybridized carbons (Fsp3) is 0.875. The molecule has 4 atom stereocenters. The lowest BCUT2D eigenvalue weighted by molar-refractivity contribution is 0.321. The van der Waals surface area contributed by atoms with Crippen LogP contribution in [0.4, 0.5) is 0 Å². The van der Waals surface area contributed by atoms with E-state index in [2.05, 4.69) is 10.5 Å². The van der Waals surface area contributed by atoms with E-state index in [0.717, 1.165) is 42.4 Å². The van der Waals surface area contributed by atoms with Gasteiger partial charge in [0.15, 0.2) is 5.82 Å². The van der Waals surface area contributed by atoms with Gasteiger partial charge in [0.25, 0.3) is 0 Å². The molecule has 0 amide bonds. The third-order valence-electron chi connectivity index (χ3n) is 5.72. The van der Waals surface area contributed by atoms with Crippen molar-refractivity contribution >= 4 is 0 Å². The van der Waals surface area contributed by atoms with E-state index in [-0.39, 0.29) is 0 Å². The van der Waals surface area contributed by atoms with Crippen LogP contribution in [-0.2, 0) is 6.42 Å². The summed E-state index contributed by atoms with van der Waals surface area (Å²) in [6.45, 7) is 2.35. The van der Waals surface area contributed by atoms with E-state index in [0.29, 0.717) is 5.92 Å². The second-order valence-corrected chi connectivity index (χ2v) is 7.08. The van der Waals surface area contributed by atoms with Crippen molar-refractivity contribution < 1.29 is 4.52 Å². The van der Waals surface area contributed by atoms with Crippen molar-refractivity contribution in [3.63, 3.8) is 0 Å². The summed E-state index contributed by atoms with van der Waals surface area (Å²) >= 11 is 0. The predicted octanol–water partition coefficient (Wildman–Crippen LogP) is 2.91. The van der Waals surface area contributed by atoms with Crippen LogP contribution in [0.1, 0.15) is 62.6 Å². The summed E-state index contributed by atoms with van der Waals surface area (Å²) in [4.78, 5) is 4.70. The summed E-state index contributed by atoms with van der Waals surface area (Å²) in [5, 5.41) is 7.75. The van der Waals surface area contributed by atoms with Crippen LogP contribution in [0.3, 0.4) is 0 Å². The Labute approximate surface area is 120 Å². The van der Waals surface area contributed by atoms with E-state index >= 15 is 0 Å². The first kappa shape index (κ1) is 12.8. The topological polar surface area (TPSA) is 51.0 Å². The first-order valence-corrected chi connectivity index (χ1v) is 8.41. The van der Waals surface area contributed by atoms with Gasteiger partial charge in [-0.15, -0.1) is 0 Å². The van der Waals surface area contributed by atoms with E-state index in [1.54, 1.807) is 0 Å². The molecular formula is C16H25N3O. The molecule has 1 N–H and O–H groups in total. The highest BCUT2D eigenvalue weighted by molar-refractivity contribution is 5.06. The Balaban J connectivity index is 1.33. The third kappa shape index (κ3) is 2.50. The number of rotatable bonds is 4. The molecule has 4 rings (SSSR count). The van der Waals surface area contributed by atoms with Crippen LogP contribution < -0.4 is 5.32 Å². The minimum atomic E-state index is 0.600. The highest BCUT2D eigenvalue weighted by Crippen LogP contribution is 2.52. The normalized spacial score (nSPS) is 36.6. The monoisotopic (exact) mass is 275 g/mol. The standard InChI is InChI=1S/C16H25N3O/c1-2-11(10-17-7-1)4-6-15-18-16(19-20-15)14-9-12-3-5-13(14)8-12/h11-14,17H,1-10H2. The second-order valence-electron chi connectivity index (χ2n) is 7.08. The average Bonchev–Trinajstić information content (AvgIpc) is 3.22. The van der Waals surface area contributed by atoms with Gasteiger partial charge in [0.05, 0.1) is 0 Å². The summed E-state index contributed by atoms with van der Waals surface area (Å²) in [7, 11) is 0. The zero-order chi connectivity index (χ0) is 13.4. The molecule has 1 aliphatic heterocycles. The molecule has 1 saturated heterocycles. The lowest BCUT2D eigenvalue weighted by atomic mass is 9.88. The quantitative estimate of drug-likeness (QED) is 0.918. The van der Waals surface area contributed by atoms with Crippen molar-refractivity contribution in [3.05, 3.63) is 11.7 Å². The Morgan fingerprint density at radius 1 is 1.20 bits per heavy atom. The molecule has 2 bridgehead atoms. The number of hydrogen-bond acceptors (Lipinski definition) is 4. The van der Waals surface area contributed by atoms with Crippen LogP contribution in [0.15, 0.2) is 4.52 Å². The molecule has 4 nitrogen and oxygen atoms in total. The number of aromatic nitrogens is 2. The van der Waals surface area contributed by atoms with Crippen LogP contribution in [0.5, 0.6) is 0 Å². The summed E-state index contributed by atoms with van der Waals surface area (Å²) < 4.78 is 5.49. The van der Waals surface area contributed by atoms with Gasteiger partial charge in [-0.3, -0.25) is 0 Å². The molecular weight excluding hydrogens is 250 g/mol. The molecule has 0 aromatic carbocycles. The maximum absolute atomic E-state index is 5.49. The molecule has 4 unspecified atom stereocenters. The van der Waals surface area contributed by atoms with E-state index in [9.17, 15) is 0 Å². The molecule has 2 saturated carbocycles. The highest BCUT2D eigenvalue weighted by Gasteiger charge is 2.42.